The molecule has 0 saturated carbocycles. The first-order valence-electron chi connectivity index (χ1n) is 6.27. The Morgan fingerprint density at radius 1 is 1.26 bits per heavy atom. The average Bonchev–Trinajstić information content (AvgIpc) is 2.31. The minimum atomic E-state index is -0.0748. The molecule has 0 atom stereocenters. The van der Waals surface area contributed by atoms with E-state index in [1.165, 1.54) is 0 Å². The normalized spacial score (nSPS) is 11.1. The quantitative estimate of drug-likeness (QED) is 0.906. The second-order valence-electron chi connectivity index (χ2n) is 5.03. The zero-order chi connectivity index (χ0) is 14.2. The maximum absolute atomic E-state index is 12.1. The molecule has 2 rings (SSSR count). The van der Waals surface area contributed by atoms with Crippen molar-refractivity contribution in [1.82, 2.24) is 9.97 Å². The minimum absolute atomic E-state index is 0.0748. The van der Waals surface area contributed by atoms with E-state index in [1.54, 1.807) is 0 Å². The van der Waals surface area contributed by atoms with Crippen LogP contribution >= 0.6 is 11.6 Å². The van der Waals surface area contributed by atoms with E-state index >= 15 is 0 Å². The second kappa shape index (κ2) is 5.17. The molecular formula is C15H17ClN2O. The highest BCUT2D eigenvalue weighted by atomic mass is 35.5. The molecule has 1 aromatic carbocycles. The molecule has 0 amide bonds. The SMILES string of the molecule is Cc1ccc(-c2nc(C)c(C(C)C)c(=O)[nH]2)cc1Cl. The van der Waals surface area contributed by atoms with E-state index < -0.39 is 0 Å². The highest BCUT2D eigenvalue weighted by molar-refractivity contribution is 6.31. The summed E-state index contributed by atoms with van der Waals surface area (Å²) >= 11 is 6.11. The topological polar surface area (TPSA) is 45.8 Å². The van der Waals surface area contributed by atoms with Crippen LogP contribution in [0.25, 0.3) is 11.4 Å². The van der Waals surface area contributed by atoms with Crippen LogP contribution in [0.1, 0.15) is 36.6 Å². The molecule has 1 N–H and O–H groups in total. The Hall–Kier alpha value is -1.61. The lowest BCUT2D eigenvalue weighted by Gasteiger charge is -2.10. The van der Waals surface area contributed by atoms with Crippen molar-refractivity contribution in [3.8, 4) is 11.4 Å². The number of H-pyrrole nitrogens is 1. The maximum atomic E-state index is 12.1. The van der Waals surface area contributed by atoms with Gasteiger partial charge in [-0.25, -0.2) is 4.98 Å². The molecule has 0 radical (unpaired) electrons. The van der Waals surface area contributed by atoms with Gasteiger partial charge in [0.25, 0.3) is 5.56 Å². The van der Waals surface area contributed by atoms with Gasteiger partial charge in [-0.2, -0.15) is 0 Å². The summed E-state index contributed by atoms with van der Waals surface area (Å²) in [5.74, 6) is 0.723. The lowest BCUT2D eigenvalue weighted by molar-refractivity contribution is 0.815. The first-order valence-corrected chi connectivity index (χ1v) is 6.65. The Labute approximate surface area is 117 Å². The van der Waals surface area contributed by atoms with E-state index in [9.17, 15) is 4.79 Å². The number of aromatic nitrogens is 2. The largest absolute Gasteiger partial charge is 0.306 e. The number of hydrogen-bond donors (Lipinski definition) is 1. The Morgan fingerprint density at radius 2 is 1.95 bits per heavy atom. The van der Waals surface area contributed by atoms with Crippen LogP contribution in [-0.2, 0) is 0 Å². The van der Waals surface area contributed by atoms with Crippen LogP contribution in [0.4, 0.5) is 0 Å². The number of nitrogens with zero attached hydrogens (tertiary/aromatic N) is 1. The fourth-order valence-electron chi connectivity index (χ4n) is 2.15. The van der Waals surface area contributed by atoms with Gasteiger partial charge in [-0.1, -0.05) is 37.6 Å². The van der Waals surface area contributed by atoms with E-state index in [0.29, 0.717) is 10.8 Å². The molecule has 100 valence electrons. The number of hydrogen-bond acceptors (Lipinski definition) is 2. The molecule has 1 aromatic heterocycles. The fourth-order valence-corrected chi connectivity index (χ4v) is 2.33. The molecular weight excluding hydrogens is 260 g/mol. The van der Waals surface area contributed by atoms with Crippen LogP contribution in [0.15, 0.2) is 23.0 Å². The van der Waals surface area contributed by atoms with Gasteiger partial charge in [0.05, 0.1) is 0 Å². The standard InChI is InChI=1S/C15H17ClN2O/c1-8(2)13-10(4)17-14(18-15(13)19)11-6-5-9(3)12(16)7-11/h5-8H,1-4H3,(H,17,18,19). The Morgan fingerprint density at radius 3 is 2.47 bits per heavy atom. The Balaban J connectivity index is 2.58. The van der Waals surface area contributed by atoms with Crippen LogP contribution in [-0.4, -0.2) is 9.97 Å². The van der Waals surface area contributed by atoms with Crippen molar-refractivity contribution >= 4 is 11.6 Å². The van der Waals surface area contributed by atoms with Crippen LogP contribution in [0, 0.1) is 13.8 Å². The lowest BCUT2D eigenvalue weighted by Crippen LogP contribution is -2.18. The Bertz CT molecular complexity index is 674. The molecule has 0 unspecified atom stereocenters. The van der Waals surface area contributed by atoms with Crippen molar-refractivity contribution in [3.05, 3.63) is 50.4 Å². The molecule has 0 aliphatic rings. The number of rotatable bonds is 2. The molecule has 0 saturated heterocycles. The van der Waals surface area contributed by atoms with E-state index in [-0.39, 0.29) is 11.5 Å². The molecule has 0 fully saturated rings. The predicted molar refractivity (Wildman–Crippen MR) is 78.9 cm³/mol. The van der Waals surface area contributed by atoms with Gasteiger partial charge < -0.3 is 4.98 Å². The number of aryl methyl sites for hydroxylation is 2. The summed E-state index contributed by atoms with van der Waals surface area (Å²) in [6, 6.07) is 5.65. The van der Waals surface area contributed by atoms with Crippen LogP contribution < -0.4 is 5.56 Å². The molecule has 4 heteroatoms. The fraction of sp³-hybridized carbons (Fsp3) is 0.333. The summed E-state index contributed by atoms with van der Waals surface area (Å²) in [6.07, 6.45) is 0. The first-order chi connectivity index (χ1) is 8.90. The van der Waals surface area contributed by atoms with E-state index in [0.717, 1.165) is 22.4 Å². The molecule has 0 aliphatic heterocycles. The van der Waals surface area contributed by atoms with Gasteiger partial charge in [0.15, 0.2) is 0 Å². The van der Waals surface area contributed by atoms with Crippen LogP contribution in [0.5, 0.6) is 0 Å². The van der Waals surface area contributed by atoms with Crippen molar-refractivity contribution in [3.63, 3.8) is 0 Å². The highest BCUT2D eigenvalue weighted by Crippen LogP contribution is 2.23. The summed E-state index contributed by atoms with van der Waals surface area (Å²) < 4.78 is 0. The predicted octanol–water partition coefficient (Wildman–Crippen LogP) is 3.83. The molecule has 0 bridgehead atoms. The van der Waals surface area contributed by atoms with Gasteiger partial charge in [0.1, 0.15) is 5.82 Å². The van der Waals surface area contributed by atoms with Gasteiger partial charge in [0, 0.05) is 21.8 Å². The molecule has 1 heterocycles. The molecule has 3 nitrogen and oxygen atoms in total. The number of benzene rings is 1. The van der Waals surface area contributed by atoms with Crippen molar-refractivity contribution in [2.45, 2.75) is 33.6 Å². The van der Waals surface area contributed by atoms with Gasteiger partial charge >= 0.3 is 0 Å². The maximum Gasteiger partial charge on any atom is 0.254 e. The van der Waals surface area contributed by atoms with Crippen molar-refractivity contribution in [2.75, 3.05) is 0 Å². The first kappa shape index (κ1) is 13.8. The third-order valence-electron chi connectivity index (χ3n) is 3.17. The van der Waals surface area contributed by atoms with Crippen molar-refractivity contribution in [2.24, 2.45) is 0 Å². The van der Waals surface area contributed by atoms with Gasteiger partial charge in [0.2, 0.25) is 0 Å². The zero-order valence-electron chi connectivity index (χ0n) is 11.5. The minimum Gasteiger partial charge on any atom is -0.306 e. The van der Waals surface area contributed by atoms with Gasteiger partial charge in [-0.3, -0.25) is 4.79 Å². The third-order valence-corrected chi connectivity index (χ3v) is 3.58. The van der Waals surface area contributed by atoms with E-state index in [4.69, 9.17) is 11.6 Å². The number of nitrogens with one attached hydrogen (secondary N) is 1. The van der Waals surface area contributed by atoms with E-state index in [1.807, 2.05) is 45.9 Å². The summed E-state index contributed by atoms with van der Waals surface area (Å²) in [4.78, 5) is 19.4. The van der Waals surface area contributed by atoms with Gasteiger partial charge in [-0.15, -0.1) is 0 Å². The van der Waals surface area contributed by atoms with Gasteiger partial charge in [-0.05, 0) is 31.4 Å². The summed E-state index contributed by atoms with van der Waals surface area (Å²) in [5.41, 5.74) is 3.26. The molecule has 0 spiro atoms. The van der Waals surface area contributed by atoms with Crippen molar-refractivity contribution < 1.29 is 0 Å². The second-order valence-corrected chi connectivity index (χ2v) is 5.44. The monoisotopic (exact) mass is 276 g/mol. The summed E-state index contributed by atoms with van der Waals surface area (Å²) in [5, 5.41) is 0.672. The van der Waals surface area contributed by atoms with E-state index in [2.05, 4.69) is 9.97 Å². The zero-order valence-corrected chi connectivity index (χ0v) is 12.3. The van der Waals surface area contributed by atoms with Crippen LogP contribution in [0.3, 0.4) is 0 Å². The van der Waals surface area contributed by atoms with Crippen LogP contribution in [0.2, 0.25) is 5.02 Å². The molecule has 19 heavy (non-hydrogen) atoms. The molecule has 2 aromatic rings. The Kier molecular flexibility index (Phi) is 3.76. The molecule has 0 aliphatic carbocycles. The third kappa shape index (κ3) is 2.71. The summed E-state index contributed by atoms with van der Waals surface area (Å²) in [6.45, 7) is 7.78. The lowest BCUT2D eigenvalue weighted by atomic mass is 10.0. The highest BCUT2D eigenvalue weighted by Gasteiger charge is 2.12. The average molecular weight is 277 g/mol. The summed E-state index contributed by atoms with van der Waals surface area (Å²) in [7, 11) is 0. The smallest absolute Gasteiger partial charge is 0.254 e. The van der Waals surface area contributed by atoms with Crippen molar-refractivity contribution in [1.29, 1.82) is 0 Å². The number of aromatic amines is 1. The number of halogens is 1.